The number of nitrogens with two attached hydrogens (primary N) is 1. The molecule has 1 unspecified atom stereocenters. The van der Waals surface area contributed by atoms with Crippen LogP contribution in [0.25, 0.3) is 0 Å². The summed E-state index contributed by atoms with van der Waals surface area (Å²) >= 11 is 13.9. The second-order valence-electron chi connectivity index (χ2n) is 4.46. The van der Waals surface area contributed by atoms with Crippen LogP contribution in [0, 0.1) is 6.92 Å². The molecule has 2 aromatic rings. The van der Waals surface area contributed by atoms with E-state index in [1.54, 1.807) is 17.8 Å². The molecule has 0 aromatic heterocycles. The van der Waals surface area contributed by atoms with Gasteiger partial charge in [0.2, 0.25) is 0 Å². The van der Waals surface area contributed by atoms with Crippen molar-refractivity contribution in [2.75, 3.05) is 5.75 Å². The summed E-state index contributed by atoms with van der Waals surface area (Å²) in [6, 6.07) is 13.7. The fourth-order valence-electron chi connectivity index (χ4n) is 1.90. The van der Waals surface area contributed by atoms with Gasteiger partial charge in [0, 0.05) is 20.7 Å². The molecule has 0 aliphatic rings. The zero-order chi connectivity index (χ0) is 14.5. The highest BCUT2D eigenvalue weighted by Crippen LogP contribution is 2.31. The van der Waals surface area contributed by atoms with Crippen molar-refractivity contribution in [3.8, 4) is 0 Å². The lowest BCUT2D eigenvalue weighted by molar-refractivity contribution is 0.611. The molecule has 3 N–H and O–H groups in total. The summed E-state index contributed by atoms with van der Waals surface area (Å²) in [6.07, 6.45) is 0. The quantitative estimate of drug-likeness (QED) is 0.479. The first-order valence-electron chi connectivity index (χ1n) is 6.21. The van der Waals surface area contributed by atoms with Crippen molar-refractivity contribution in [3.63, 3.8) is 0 Å². The van der Waals surface area contributed by atoms with Crippen LogP contribution in [0.15, 0.2) is 47.4 Å². The Morgan fingerprint density at radius 2 is 1.95 bits per heavy atom. The average molecular weight is 327 g/mol. The summed E-state index contributed by atoms with van der Waals surface area (Å²) in [7, 11) is 0. The van der Waals surface area contributed by atoms with E-state index >= 15 is 0 Å². The molecule has 1 atom stereocenters. The van der Waals surface area contributed by atoms with Gasteiger partial charge in [0.05, 0.1) is 6.04 Å². The summed E-state index contributed by atoms with van der Waals surface area (Å²) in [5.74, 6) is 6.45. The number of hydrazine groups is 1. The van der Waals surface area contributed by atoms with E-state index < -0.39 is 0 Å². The van der Waals surface area contributed by atoms with Gasteiger partial charge >= 0.3 is 0 Å². The molecule has 0 heterocycles. The summed E-state index contributed by atoms with van der Waals surface area (Å²) < 4.78 is 0. The lowest BCUT2D eigenvalue weighted by Gasteiger charge is -2.18. The molecule has 106 valence electrons. The number of halogens is 2. The van der Waals surface area contributed by atoms with E-state index in [1.807, 2.05) is 24.3 Å². The van der Waals surface area contributed by atoms with Crippen LogP contribution in [0.3, 0.4) is 0 Å². The zero-order valence-electron chi connectivity index (χ0n) is 11.1. The van der Waals surface area contributed by atoms with Gasteiger partial charge in [0.15, 0.2) is 0 Å². The summed E-state index contributed by atoms with van der Waals surface area (Å²) in [5.41, 5.74) is 5.04. The second-order valence-corrected chi connectivity index (χ2v) is 6.37. The van der Waals surface area contributed by atoms with Crippen molar-refractivity contribution in [1.29, 1.82) is 0 Å². The number of aryl methyl sites for hydroxylation is 1. The molecule has 2 aromatic carbocycles. The van der Waals surface area contributed by atoms with Crippen LogP contribution < -0.4 is 11.3 Å². The Kier molecular flexibility index (Phi) is 5.75. The number of nitrogens with one attached hydrogen (secondary N) is 1. The van der Waals surface area contributed by atoms with Crippen LogP contribution >= 0.6 is 35.0 Å². The molecule has 0 fully saturated rings. The van der Waals surface area contributed by atoms with Crippen molar-refractivity contribution in [2.45, 2.75) is 17.9 Å². The number of benzene rings is 2. The van der Waals surface area contributed by atoms with Crippen molar-refractivity contribution in [1.82, 2.24) is 5.43 Å². The molecule has 0 saturated heterocycles. The van der Waals surface area contributed by atoms with E-state index in [0.717, 1.165) is 11.3 Å². The normalized spacial score (nSPS) is 12.4. The van der Waals surface area contributed by atoms with E-state index in [9.17, 15) is 0 Å². The molecule has 0 radical (unpaired) electrons. The van der Waals surface area contributed by atoms with E-state index in [1.165, 1.54) is 10.5 Å². The molecular formula is C15H16Cl2N2S. The predicted octanol–water partition coefficient (Wildman–Crippen LogP) is 4.60. The standard InChI is InChI=1S/C15H16Cl2N2S/c1-10-4-2-3-5-15(10)20-9-14(19-18)12-7-6-11(16)8-13(12)17/h2-8,14,19H,9,18H2,1H3. The van der Waals surface area contributed by atoms with E-state index in [0.29, 0.717) is 10.0 Å². The van der Waals surface area contributed by atoms with Crippen LogP contribution in [-0.2, 0) is 0 Å². The van der Waals surface area contributed by atoms with Gasteiger partial charge in [-0.25, -0.2) is 0 Å². The molecule has 0 amide bonds. The largest absolute Gasteiger partial charge is 0.271 e. The van der Waals surface area contributed by atoms with Gasteiger partial charge < -0.3 is 0 Å². The van der Waals surface area contributed by atoms with Crippen molar-refractivity contribution in [2.24, 2.45) is 5.84 Å². The maximum atomic E-state index is 6.23. The highest BCUT2D eigenvalue weighted by atomic mass is 35.5. The SMILES string of the molecule is Cc1ccccc1SCC(NN)c1ccc(Cl)cc1Cl. The topological polar surface area (TPSA) is 38.0 Å². The first-order chi connectivity index (χ1) is 9.61. The van der Waals surface area contributed by atoms with Gasteiger partial charge in [-0.2, -0.15) is 0 Å². The molecular weight excluding hydrogens is 311 g/mol. The van der Waals surface area contributed by atoms with Gasteiger partial charge in [-0.1, -0.05) is 47.5 Å². The minimum atomic E-state index is -0.0237. The Labute approximate surface area is 133 Å². The summed E-state index contributed by atoms with van der Waals surface area (Å²) in [6.45, 7) is 2.10. The Morgan fingerprint density at radius 3 is 2.60 bits per heavy atom. The number of hydrogen-bond donors (Lipinski definition) is 2. The maximum absolute atomic E-state index is 6.23. The fourth-order valence-corrected chi connectivity index (χ4v) is 3.54. The molecule has 0 bridgehead atoms. The van der Waals surface area contributed by atoms with Crippen LogP contribution in [-0.4, -0.2) is 5.75 Å². The lowest BCUT2D eigenvalue weighted by atomic mass is 10.1. The number of rotatable bonds is 5. The van der Waals surface area contributed by atoms with Crippen LogP contribution in [0.5, 0.6) is 0 Å². The molecule has 0 aliphatic carbocycles. The minimum Gasteiger partial charge on any atom is -0.271 e. The number of hydrogen-bond acceptors (Lipinski definition) is 3. The smallest absolute Gasteiger partial charge is 0.0568 e. The molecule has 5 heteroatoms. The van der Waals surface area contributed by atoms with Crippen molar-refractivity contribution >= 4 is 35.0 Å². The molecule has 2 rings (SSSR count). The van der Waals surface area contributed by atoms with E-state index in [4.69, 9.17) is 29.0 Å². The average Bonchev–Trinajstić information content (AvgIpc) is 2.43. The van der Waals surface area contributed by atoms with Crippen LogP contribution in [0.1, 0.15) is 17.2 Å². The Hall–Kier alpha value is -0.710. The molecule has 2 nitrogen and oxygen atoms in total. The molecule has 0 saturated carbocycles. The maximum Gasteiger partial charge on any atom is 0.0568 e. The number of thioether (sulfide) groups is 1. The first kappa shape index (κ1) is 15.7. The van der Waals surface area contributed by atoms with Crippen molar-refractivity contribution < 1.29 is 0 Å². The van der Waals surface area contributed by atoms with Gasteiger partial charge in [0.1, 0.15) is 0 Å². The summed E-state index contributed by atoms with van der Waals surface area (Å²) in [4.78, 5) is 1.25. The fraction of sp³-hybridized carbons (Fsp3) is 0.200. The minimum absolute atomic E-state index is 0.0237. The second kappa shape index (κ2) is 7.34. The van der Waals surface area contributed by atoms with Crippen LogP contribution in [0.4, 0.5) is 0 Å². The Balaban J connectivity index is 2.11. The third kappa shape index (κ3) is 3.90. The molecule has 20 heavy (non-hydrogen) atoms. The van der Waals surface area contributed by atoms with E-state index in [2.05, 4.69) is 24.5 Å². The lowest BCUT2D eigenvalue weighted by Crippen LogP contribution is -2.29. The Morgan fingerprint density at radius 1 is 1.20 bits per heavy atom. The monoisotopic (exact) mass is 326 g/mol. The van der Waals surface area contributed by atoms with Crippen LogP contribution in [0.2, 0.25) is 10.0 Å². The van der Waals surface area contributed by atoms with Gasteiger partial charge in [-0.15, -0.1) is 11.8 Å². The zero-order valence-corrected chi connectivity index (χ0v) is 13.4. The first-order valence-corrected chi connectivity index (χ1v) is 7.95. The van der Waals surface area contributed by atoms with Gasteiger partial charge in [0.25, 0.3) is 0 Å². The van der Waals surface area contributed by atoms with E-state index in [-0.39, 0.29) is 6.04 Å². The highest BCUT2D eigenvalue weighted by Gasteiger charge is 2.14. The molecule has 0 aliphatic heterocycles. The summed E-state index contributed by atoms with van der Waals surface area (Å²) in [5, 5.41) is 1.26. The van der Waals surface area contributed by atoms with Gasteiger partial charge in [-0.05, 0) is 36.2 Å². The highest BCUT2D eigenvalue weighted by molar-refractivity contribution is 7.99. The van der Waals surface area contributed by atoms with Crippen molar-refractivity contribution in [3.05, 3.63) is 63.6 Å². The third-order valence-corrected chi connectivity index (χ3v) is 4.87. The predicted molar refractivity (Wildman–Crippen MR) is 88.4 cm³/mol. The third-order valence-electron chi connectivity index (χ3n) is 3.04. The molecule has 0 spiro atoms. The van der Waals surface area contributed by atoms with Gasteiger partial charge in [-0.3, -0.25) is 11.3 Å². The Bertz CT molecular complexity index is 590.